The zero-order valence-corrected chi connectivity index (χ0v) is 18.8. The number of halogens is 1. The van der Waals surface area contributed by atoms with Gasteiger partial charge in [-0.15, -0.1) is 10.2 Å². The van der Waals surface area contributed by atoms with Gasteiger partial charge in [0.2, 0.25) is 0 Å². The van der Waals surface area contributed by atoms with Crippen LogP contribution in [0, 0.1) is 0 Å². The van der Waals surface area contributed by atoms with Gasteiger partial charge in [0.05, 0.1) is 12.0 Å². The molecule has 0 saturated carbocycles. The van der Waals surface area contributed by atoms with E-state index in [1.54, 1.807) is 6.21 Å². The van der Waals surface area contributed by atoms with Crippen LogP contribution >= 0.6 is 27.7 Å². The first kappa shape index (κ1) is 21.0. The van der Waals surface area contributed by atoms with Crippen LogP contribution in [0.4, 0.5) is 0 Å². The highest BCUT2D eigenvalue weighted by molar-refractivity contribution is 9.10. The van der Waals surface area contributed by atoms with E-state index in [-0.39, 0.29) is 11.7 Å². The summed E-state index contributed by atoms with van der Waals surface area (Å²) in [6.07, 6.45) is 1.61. The number of hydrogen-bond acceptors (Lipinski definition) is 5. The number of carbonyl (C=O) groups excluding carboxylic acids is 1. The molecule has 0 aliphatic carbocycles. The molecule has 0 unspecified atom stereocenters. The van der Waals surface area contributed by atoms with Crippen molar-refractivity contribution in [1.82, 2.24) is 20.2 Å². The van der Waals surface area contributed by atoms with Crippen LogP contribution in [-0.2, 0) is 4.79 Å². The minimum absolute atomic E-state index is 0.164. The third-order valence-electron chi connectivity index (χ3n) is 4.28. The van der Waals surface area contributed by atoms with E-state index in [9.17, 15) is 4.79 Å². The summed E-state index contributed by atoms with van der Waals surface area (Å²) in [5.41, 5.74) is 5.34. The van der Waals surface area contributed by atoms with Crippen molar-refractivity contribution in [2.75, 3.05) is 5.75 Å². The highest BCUT2D eigenvalue weighted by Gasteiger charge is 2.16. The van der Waals surface area contributed by atoms with E-state index in [0.29, 0.717) is 5.16 Å². The van der Waals surface area contributed by atoms with Crippen molar-refractivity contribution in [2.45, 2.75) is 5.16 Å². The van der Waals surface area contributed by atoms with Gasteiger partial charge in [-0.05, 0) is 29.8 Å². The van der Waals surface area contributed by atoms with Crippen LogP contribution in [-0.4, -0.2) is 32.6 Å². The minimum atomic E-state index is -0.220. The fraction of sp³-hybridized carbons (Fsp3) is 0.0435. The number of aromatic nitrogens is 3. The Labute approximate surface area is 192 Å². The summed E-state index contributed by atoms with van der Waals surface area (Å²) in [5, 5.41) is 13.4. The van der Waals surface area contributed by atoms with Crippen molar-refractivity contribution in [3.63, 3.8) is 0 Å². The molecule has 0 radical (unpaired) electrons. The van der Waals surface area contributed by atoms with E-state index in [2.05, 4.69) is 36.7 Å². The van der Waals surface area contributed by atoms with Crippen molar-refractivity contribution in [2.24, 2.45) is 5.10 Å². The Morgan fingerprint density at radius 1 is 0.968 bits per heavy atom. The van der Waals surface area contributed by atoms with Crippen LogP contribution in [0.15, 0.2) is 99.7 Å². The lowest BCUT2D eigenvalue weighted by Crippen LogP contribution is -2.20. The molecule has 0 aliphatic heterocycles. The van der Waals surface area contributed by atoms with E-state index in [0.717, 1.165) is 27.1 Å². The molecule has 4 rings (SSSR count). The number of nitrogens with zero attached hydrogens (tertiary/aromatic N) is 4. The first-order chi connectivity index (χ1) is 15.2. The number of hydrazone groups is 1. The van der Waals surface area contributed by atoms with Gasteiger partial charge in [0.1, 0.15) is 0 Å². The van der Waals surface area contributed by atoms with Crippen molar-refractivity contribution in [1.29, 1.82) is 0 Å². The lowest BCUT2D eigenvalue weighted by molar-refractivity contribution is -0.118. The second-order valence-electron chi connectivity index (χ2n) is 6.48. The zero-order chi connectivity index (χ0) is 21.5. The van der Waals surface area contributed by atoms with Gasteiger partial charge in [0.15, 0.2) is 11.0 Å². The summed E-state index contributed by atoms with van der Waals surface area (Å²) in [5.74, 6) is 0.669. The van der Waals surface area contributed by atoms with Gasteiger partial charge in [-0.2, -0.15) is 5.10 Å². The van der Waals surface area contributed by atoms with Crippen LogP contribution < -0.4 is 5.43 Å². The van der Waals surface area contributed by atoms with Gasteiger partial charge >= 0.3 is 0 Å². The summed E-state index contributed by atoms with van der Waals surface area (Å²) in [4.78, 5) is 12.3. The Morgan fingerprint density at radius 3 is 2.35 bits per heavy atom. The average Bonchev–Trinajstić information content (AvgIpc) is 3.24. The Hall–Kier alpha value is -3.23. The lowest BCUT2D eigenvalue weighted by Gasteiger charge is -2.10. The predicted octanol–water partition coefficient (Wildman–Crippen LogP) is 4.94. The van der Waals surface area contributed by atoms with Crippen LogP contribution in [0.2, 0.25) is 0 Å². The van der Waals surface area contributed by atoms with Gasteiger partial charge in [0.25, 0.3) is 5.91 Å². The van der Waals surface area contributed by atoms with Gasteiger partial charge in [-0.3, -0.25) is 9.36 Å². The number of thioether (sulfide) groups is 1. The molecule has 0 saturated heterocycles. The second kappa shape index (κ2) is 10.2. The molecule has 0 aliphatic rings. The molecule has 0 bridgehead atoms. The minimum Gasteiger partial charge on any atom is -0.272 e. The van der Waals surface area contributed by atoms with Gasteiger partial charge in [-0.1, -0.05) is 88.4 Å². The summed E-state index contributed by atoms with van der Waals surface area (Å²) < 4.78 is 2.95. The van der Waals surface area contributed by atoms with Gasteiger partial charge in [-0.25, -0.2) is 5.43 Å². The van der Waals surface area contributed by atoms with E-state index < -0.39 is 0 Å². The van der Waals surface area contributed by atoms with Gasteiger partial charge < -0.3 is 0 Å². The van der Waals surface area contributed by atoms with E-state index >= 15 is 0 Å². The van der Waals surface area contributed by atoms with Crippen molar-refractivity contribution in [3.8, 4) is 17.1 Å². The maximum atomic E-state index is 12.3. The number of benzene rings is 3. The molecule has 31 heavy (non-hydrogen) atoms. The largest absolute Gasteiger partial charge is 0.272 e. The third kappa shape index (κ3) is 5.48. The summed E-state index contributed by atoms with van der Waals surface area (Å²) in [6, 6.07) is 27.4. The molecule has 1 aromatic heterocycles. The zero-order valence-electron chi connectivity index (χ0n) is 16.4. The molecule has 3 aromatic carbocycles. The van der Waals surface area contributed by atoms with Crippen LogP contribution in [0.3, 0.4) is 0 Å². The number of carbonyl (C=O) groups is 1. The molecule has 8 heteroatoms. The number of para-hydroxylation sites is 1. The van der Waals surface area contributed by atoms with Crippen LogP contribution in [0.1, 0.15) is 5.56 Å². The molecule has 0 fully saturated rings. The highest BCUT2D eigenvalue weighted by atomic mass is 79.9. The average molecular weight is 492 g/mol. The Morgan fingerprint density at radius 2 is 1.65 bits per heavy atom. The molecular formula is C23H18BrN5OS. The summed E-state index contributed by atoms with van der Waals surface area (Å²) in [7, 11) is 0. The Bertz CT molecular complexity index is 1180. The molecular weight excluding hydrogens is 474 g/mol. The maximum absolute atomic E-state index is 12.3. The Kier molecular flexibility index (Phi) is 6.91. The van der Waals surface area contributed by atoms with E-state index in [1.807, 2.05) is 89.5 Å². The number of amides is 1. The van der Waals surface area contributed by atoms with Crippen LogP contribution in [0.5, 0.6) is 0 Å². The van der Waals surface area contributed by atoms with Gasteiger partial charge in [0, 0.05) is 15.7 Å². The topological polar surface area (TPSA) is 72.2 Å². The smallest absolute Gasteiger partial charge is 0.250 e. The molecule has 1 heterocycles. The molecule has 1 amide bonds. The highest BCUT2D eigenvalue weighted by Crippen LogP contribution is 2.27. The number of rotatable bonds is 7. The molecule has 6 nitrogen and oxygen atoms in total. The van der Waals surface area contributed by atoms with E-state index in [4.69, 9.17) is 0 Å². The van der Waals surface area contributed by atoms with Crippen molar-refractivity contribution >= 4 is 39.8 Å². The first-order valence-electron chi connectivity index (χ1n) is 9.47. The quantitative estimate of drug-likeness (QED) is 0.225. The normalized spacial score (nSPS) is 11.0. The first-order valence-corrected chi connectivity index (χ1v) is 11.2. The molecule has 1 N–H and O–H groups in total. The molecule has 154 valence electrons. The molecule has 4 aromatic rings. The fourth-order valence-corrected chi connectivity index (χ4v) is 3.85. The predicted molar refractivity (Wildman–Crippen MR) is 127 cm³/mol. The Balaban J connectivity index is 1.47. The summed E-state index contributed by atoms with van der Waals surface area (Å²) in [6.45, 7) is 0. The second-order valence-corrected chi connectivity index (χ2v) is 8.33. The van der Waals surface area contributed by atoms with Crippen molar-refractivity contribution < 1.29 is 4.79 Å². The summed E-state index contributed by atoms with van der Waals surface area (Å²) >= 11 is 4.70. The lowest BCUT2D eigenvalue weighted by atomic mass is 10.2. The maximum Gasteiger partial charge on any atom is 0.250 e. The third-order valence-corrected chi connectivity index (χ3v) is 5.74. The van der Waals surface area contributed by atoms with Crippen LogP contribution in [0.25, 0.3) is 17.1 Å². The number of hydrogen-bond donors (Lipinski definition) is 1. The fourth-order valence-electron chi connectivity index (χ4n) is 2.84. The van der Waals surface area contributed by atoms with E-state index in [1.165, 1.54) is 11.8 Å². The molecule has 0 spiro atoms. The monoisotopic (exact) mass is 491 g/mol. The molecule has 0 atom stereocenters. The van der Waals surface area contributed by atoms with Crippen molar-refractivity contribution in [3.05, 3.63) is 95.0 Å². The number of nitrogens with one attached hydrogen (secondary N) is 1. The SMILES string of the molecule is O=C(CSc1nnc(-c2ccccc2)n1-c1ccccc1)N/N=C\c1ccc(Br)cc1. The standard InChI is InChI=1S/C23H18BrN5OS/c24-19-13-11-17(12-14-19)15-25-26-21(30)16-31-23-28-27-22(18-7-3-1-4-8-18)29(23)20-9-5-2-6-10-20/h1-15H,16H2,(H,26,30)/b25-15-.